The minimum absolute atomic E-state index is 0.288. The molecular weight excluding hydrogens is 360 g/mol. The molecule has 4 heteroatoms. The van der Waals surface area contributed by atoms with E-state index in [2.05, 4.69) is 50.2 Å². The van der Waals surface area contributed by atoms with Gasteiger partial charge in [0.25, 0.3) is 0 Å². The maximum absolute atomic E-state index is 12.5. The topological polar surface area (TPSA) is 53.3 Å². The van der Waals surface area contributed by atoms with Crippen molar-refractivity contribution in [1.82, 2.24) is 4.90 Å². The van der Waals surface area contributed by atoms with Crippen molar-refractivity contribution in [2.24, 2.45) is 0 Å². The average Bonchev–Trinajstić information content (AvgIpc) is 2.72. The first kappa shape index (κ1) is 22.0. The Morgan fingerprint density at radius 3 is 2.41 bits per heavy atom. The molecule has 0 unspecified atom stereocenters. The predicted molar refractivity (Wildman–Crippen MR) is 118 cm³/mol. The zero-order valence-corrected chi connectivity index (χ0v) is 17.8. The summed E-state index contributed by atoms with van der Waals surface area (Å²) in [5.41, 5.74) is 5.79. The first-order valence-corrected chi connectivity index (χ1v) is 9.77. The Bertz CT molecular complexity index is 948. The summed E-state index contributed by atoms with van der Waals surface area (Å²) < 4.78 is 5.23. The molecule has 0 amide bonds. The van der Waals surface area contributed by atoms with Gasteiger partial charge in [0, 0.05) is 19.3 Å². The van der Waals surface area contributed by atoms with Crippen LogP contribution in [-0.2, 0) is 9.53 Å². The second-order valence-electron chi connectivity index (χ2n) is 7.07. The number of carbonyl (C=O) groups is 1. The smallest absolute Gasteiger partial charge is 0.355 e. The van der Waals surface area contributed by atoms with Crippen LogP contribution in [-0.4, -0.2) is 24.5 Å². The van der Waals surface area contributed by atoms with Crippen LogP contribution in [0.1, 0.15) is 44.7 Å². The van der Waals surface area contributed by atoms with Gasteiger partial charge in [0.15, 0.2) is 0 Å². The highest BCUT2D eigenvalue weighted by Gasteiger charge is 2.19. The van der Waals surface area contributed by atoms with E-state index in [0.29, 0.717) is 11.6 Å². The third-order valence-electron chi connectivity index (χ3n) is 4.76. The fourth-order valence-electron chi connectivity index (χ4n) is 3.28. The molecule has 0 aromatic heterocycles. The summed E-state index contributed by atoms with van der Waals surface area (Å²) in [4.78, 5) is 14.2. The van der Waals surface area contributed by atoms with Crippen LogP contribution in [0.5, 0.6) is 0 Å². The molecule has 0 aliphatic rings. The molecular formula is C25H28N2O2. The molecule has 29 heavy (non-hydrogen) atoms. The number of benzene rings is 2. The molecule has 0 atom stereocenters. The number of esters is 1. The Labute approximate surface area is 173 Å². The minimum atomic E-state index is -0.413. The predicted octanol–water partition coefficient (Wildman–Crippen LogP) is 5.74. The summed E-state index contributed by atoms with van der Waals surface area (Å²) in [5, 5.41) is 8.80. The molecule has 2 rings (SSSR count). The van der Waals surface area contributed by atoms with E-state index in [1.54, 1.807) is 25.1 Å². The number of ether oxygens (including phenoxy) is 1. The van der Waals surface area contributed by atoms with E-state index in [0.717, 1.165) is 16.7 Å². The molecule has 0 bridgehead atoms. The number of carbonyl (C=O) groups excluding carboxylic acids is 1. The molecule has 0 aliphatic carbocycles. The normalized spacial score (nSPS) is 11.9. The molecule has 2 aromatic carbocycles. The highest BCUT2D eigenvalue weighted by atomic mass is 16.5. The molecule has 2 aromatic rings. The Balaban J connectivity index is 2.48. The first-order valence-electron chi connectivity index (χ1n) is 9.77. The summed E-state index contributed by atoms with van der Waals surface area (Å²) in [5.74, 6) is 0.0211. The summed E-state index contributed by atoms with van der Waals surface area (Å²) >= 11 is 0. The van der Waals surface area contributed by atoms with Crippen molar-refractivity contribution >= 4 is 11.5 Å². The van der Waals surface area contributed by atoms with Gasteiger partial charge in [0.1, 0.15) is 5.70 Å². The highest BCUT2D eigenvalue weighted by Crippen LogP contribution is 2.30. The molecule has 0 fully saturated rings. The molecule has 0 saturated heterocycles. The van der Waals surface area contributed by atoms with Crippen LogP contribution in [0, 0.1) is 11.3 Å². The fraction of sp³-hybridized carbons (Fsp3) is 0.280. The third kappa shape index (κ3) is 5.36. The number of likely N-dealkylation sites (N-methyl/N-ethyl adjacent to an activating group) is 1. The van der Waals surface area contributed by atoms with Crippen LogP contribution < -0.4 is 0 Å². The summed E-state index contributed by atoms with van der Waals surface area (Å²) in [6.45, 7) is 8.33. The Morgan fingerprint density at radius 2 is 1.83 bits per heavy atom. The lowest BCUT2D eigenvalue weighted by Gasteiger charge is -2.20. The highest BCUT2D eigenvalue weighted by molar-refractivity contribution is 5.97. The van der Waals surface area contributed by atoms with Gasteiger partial charge in [-0.15, -0.1) is 0 Å². The molecule has 0 aliphatic heterocycles. The lowest BCUT2D eigenvalue weighted by Crippen LogP contribution is -2.22. The van der Waals surface area contributed by atoms with E-state index in [4.69, 9.17) is 10.00 Å². The van der Waals surface area contributed by atoms with Gasteiger partial charge < -0.3 is 9.64 Å². The van der Waals surface area contributed by atoms with E-state index in [9.17, 15) is 4.79 Å². The Morgan fingerprint density at radius 1 is 1.17 bits per heavy atom. The molecule has 4 nitrogen and oxygen atoms in total. The molecule has 0 radical (unpaired) electrons. The fourth-order valence-corrected chi connectivity index (χ4v) is 3.28. The maximum Gasteiger partial charge on any atom is 0.355 e. The van der Waals surface area contributed by atoms with E-state index >= 15 is 0 Å². The molecule has 0 spiro atoms. The van der Waals surface area contributed by atoms with Gasteiger partial charge in [-0.25, -0.2) is 4.79 Å². The SMILES string of the molecule is CCOC(=O)/C(=C(/C)c1ccc(-c2ccccc2C(C)C)cc1)N(C)/C=C/C#N. The van der Waals surface area contributed by atoms with Crippen molar-refractivity contribution in [2.75, 3.05) is 13.7 Å². The lowest BCUT2D eigenvalue weighted by molar-refractivity contribution is -0.139. The van der Waals surface area contributed by atoms with Gasteiger partial charge >= 0.3 is 5.97 Å². The van der Waals surface area contributed by atoms with E-state index < -0.39 is 5.97 Å². The van der Waals surface area contributed by atoms with Crippen molar-refractivity contribution in [2.45, 2.75) is 33.6 Å². The van der Waals surface area contributed by atoms with Crippen molar-refractivity contribution in [3.63, 3.8) is 0 Å². The molecule has 0 heterocycles. The lowest BCUT2D eigenvalue weighted by atomic mass is 9.91. The van der Waals surface area contributed by atoms with Crippen LogP contribution in [0.4, 0.5) is 0 Å². The molecule has 150 valence electrons. The summed E-state index contributed by atoms with van der Waals surface area (Å²) in [7, 11) is 1.73. The Kier molecular flexibility index (Phi) is 7.79. The summed E-state index contributed by atoms with van der Waals surface area (Å²) in [6.07, 6.45) is 2.89. The average molecular weight is 389 g/mol. The number of allylic oxidation sites excluding steroid dienone is 2. The van der Waals surface area contributed by atoms with Gasteiger partial charge in [-0.05, 0) is 47.6 Å². The summed E-state index contributed by atoms with van der Waals surface area (Å²) in [6, 6.07) is 18.5. The minimum Gasteiger partial charge on any atom is -0.461 e. The number of nitrogens with zero attached hydrogens (tertiary/aromatic N) is 2. The van der Waals surface area contributed by atoms with Gasteiger partial charge in [0.05, 0.1) is 12.7 Å². The van der Waals surface area contributed by atoms with Crippen molar-refractivity contribution in [1.29, 1.82) is 5.26 Å². The van der Waals surface area contributed by atoms with Crippen LogP contribution >= 0.6 is 0 Å². The monoisotopic (exact) mass is 388 g/mol. The van der Waals surface area contributed by atoms with E-state index in [1.165, 1.54) is 17.2 Å². The molecule has 0 N–H and O–H groups in total. The van der Waals surface area contributed by atoms with Crippen LogP contribution in [0.3, 0.4) is 0 Å². The van der Waals surface area contributed by atoms with Gasteiger partial charge in [-0.3, -0.25) is 0 Å². The quantitative estimate of drug-likeness (QED) is 0.345. The van der Waals surface area contributed by atoms with Crippen LogP contribution in [0.25, 0.3) is 16.7 Å². The van der Waals surface area contributed by atoms with Crippen molar-refractivity contribution in [3.05, 3.63) is 77.6 Å². The third-order valence-corrected chi connectivity index (χ3v) is 4.76. The second-order valence-corrected chi connectivity index (χ2v) is 7.07. The largest absolute Gasteiger partial charge is 0.461 e. The zero-order valence-electron chi connectivity index (χ0n) is 17.8. The number of hydrogen-bond acceptors (Lipinski definition) is 4. The van der Waals surface area contributed by atoms with Crippen LogP contribution in [0.2, 0.25) is 0 Å². The standard InChI is InChI=1S/C25H28N2O2/c1-6-29-25(28)24(27(5)17-9-16-26)19(4)20-12-14-21(15-13-20)23-11-8-7-10-22(23)18(2)3/h7-15,17-18H,6H2,1-5H3/b17-9+,24-19+. The maximum atomic E-state index is 12.5. The number of rotatable bonds is 7. The van der Waals surface area contributed by atoms with Crippen LogP contribution in [0.15, 0.2) is 66.5 Å². The van der Waals surface area contributed by atoms with Crippen molar-refractivity contribution < 1.29 is 9.53 Å². The van der Waals surface area contributed by atoms with Gasteiger partial charge in [0.2, 0.25) is 0 Å². The van der Waals surface area contributed by atoms with Crippen molar-refractivity contribution in [3.8, 4) is 17.2 Å². The van der Waals surface area contributed by atoms with Gasteiger partial charge in [-0.1, -0.05) is 62.4 Å². The van der Waals surface area contributed by atoms with E-state index in [1.807, 2.05) is 25.1 Å². The second kappa shape index (κ2) is 10.3. The number of hydrogen-bond donors (Lipinski definition) is 0. The van der Waals surface area contributed by atoms with Gasteiger partial charge in [-0.2, -0.15) is 5.26 Å². The van der Waals surface area contributed by atoms with E-state index in [-0.39, 0.29) is 6.61 Å². The molecule has 0 saturated carbocycles. The number of nitriles is 1. The Hall–Kier alpha value is -3.32. The zero-order chi connectivity index (χ0) is 21.4. The first-order chi connectivity index (χ1) is 13.9.